The van der Waals surface area contributed by atoms with Crippen LogP contribution in [0.15, 0.2) is 60.8 Å². The summed E-state index contributed by atoms with van der Waals surface area (Å²) in [6, 6.07) is 17.7. The highest BCUT2D eigenvalue weighted by atomic mass is 32.2. The number of anilines is 3. The molecule has 0 spiro atoms. The molecule has 1 aliphatic rings. The molecule has 1 amide bonds. The van der Waals surface area contributed by atoms with Crippen LogP contribution in [0.5, 0.6) is 0 Å². The Bertz CT molecular complexity index is 1550. The molecule has 10 heteroatoms. The molecule has 2 aromatic carbocycles. The first-order valence-corrected chi connectivity index (χ1v) is 13.4. The van der Waals surface area contributed by atoms with Crippen molar-refractivity contribution in [1.82, 2.24) is 19.3 Å². The Morgan fingerprint density at radius 2 is 1.95 bits per heavy atom. The van der Waals surface area contributed by atoms with Crippen molar-refractivity contribution in [3.05, 3.63) is 71.9 Å². The van der Waals surface area contributed by atoms with E-state index in [0.717, 1.165) is 52.1 Å². The highest BCUT2D eigenvalue weighted by Gasteiger charge is 2.30. The van der Waals surface area contributed by atoms with Crippen LogP contribution in [0.25, 0.3) is 16.8 Å². The summed E-state index contributed by atoms with van der Waals surface area (Å²) < 4.78 is 26.1. The van der Waals surface area contributed by atoms with Crippen molar-refractivity contribution in [3.63, 3.8) is 0 Å². The van der Waals surface area contributed by atoms with Crippen LogP contribution in [0.4, 0.5) is 17.3 Å². The second-order valence-corrected chi connectivity index (χ2v) is 10.8. The highest BCUT2D eigenvalue weighted by Crippen LogP contribution is 2.40. The van der Waals surface area contributed by atoms with Gasteiger partial charge in [0.2, 0.25) is 22.7 Å². The molecular formula is C27H30N6O3S. The van der Waals surface area contributed by atoms with Gasteiger partial charge in [0.25, 0.3) is 0 Å². The van der Waals surface area contributed by atoms with Gasteiger partial charge in [-0.05, 0) is 59.7 Å². The van der Waals surface area contributed by atoms with E-state index in [1.165, 1.54) is 0 Å². The standard InChI is InChI=1S/C27H30N6O3S/c1-18(34)32-13-5-12-27(2,3)23-10-8-21(15-25(23)32)30-26-28-17-22-9-11-24(33(22)31-26)20-7-4-6-19(14-20)16-29-37(35)36/h4,6-11,14-15,17,37H,5,12-13,16H2,1-3H3,(H,30,31)(H,29,35,36). The van der Waals surface area contributed by atoms with Crippen LogP contribution < -0.4 is 14.9 Å². The second-order valence-electron chi connectivity index (χ2n) is 9.94. The highest BCUT2D eigenvalue weighted by molar-refractivity contribution is 7.70. The molecular weight excluding hydrogens is 488 g/mol. The fourth-order valence-corrected chi connectivity index (χ4v) is 5.28. The SMILES string of the molecule is CC(=O)N1CCCC(C)(C)c2ccc(Nc3ncc4ccc(-c5cccc(CN[SH](=O)=O)c5)n4n3)cc21. The van der Waals surface area contributed by atoms with Crippen LogP contribution in [-0.2, 0) is 27.6 Å². The molecule has 0 aliphatic carbocycles. The van der Waals surface area contributed by atoms with E-state index in [0.29, 0.717) is 12.5 Å². The Morgan fingerprint density at radius 1 is 1.11 bits per heavy atom. The van der Waals surface area contributed by atoms with Crippen molar-refractivity contribution in [2.45, 2.75) is 45.6 Å². The average molecular weight is 519 g/mol. The minimum Gasteiger partial charge on any atom is -0.323 e. The lowest BCUT2D eigenvalue weighted by Crippen LogP contribution is -2.29. The van der Waals surface area contributed by atoms with Gasteiger partial charge in [0.05, 0.1) is 17.4 Å². The molecule has 0 bridgehead atoms. The number of hydrogen-bond donors (Lipinski definition) is 3. The maximum atomic E-state index is 12.4. The Labute approximate surface area is 217 Å². The molecule has 2 aromatic heterocycles. The molecule has 0 radical (unpaired) electrons. The van der Waals surface area contributed by atoms with E-state index >= 15 is 0 Å². The predicted molar refractivity (Wildman–Crippen MR) is 146 cm³/mol. The largest absolute Gasteiger partial charge is 0.323 e. The van der Waals surface area contributed by atoms with Gasteiger partial charge in [-0.2, -0.15) is 0 Å². The lowest BCUT2D eigenvalue weighted by molar-refractivity contribution is -0.116. The molecule has 0 fully saturated rings. The first kappa shape index (κ1) is 24.9. The van der Waals surface area contributed by atoms with E-state index in [1.807, 2.05) is 57.9 Å². The maximum Gasteiger partial charge on any atom is 0.245 e. The summed E-state index contributed by atoms with van der Waals surface area (Å²) in [7, 11) is -2.66. The number of nitrogens with one attached hydrogen (secondary N) is 2. The number of amides is 1. The van der Waals surface area contributed by atoms with E-state index in [-0.39, 0.29) is 17.9 Å². The number of thiol groups is 1. The third-order valence-corrected chi connectivity index (χ3v) is 7.29. The molecule has 37 heavy (non-hydrogen) atoms. The first-order valence-electron chi connectivity index (χ1n) is 12.2. The van der Waals surface area contributed by atoms with E-state index in [4.69, 9.17) is 5.10 Å². The second kappa shape index (κ2) is 9.95. The third-order valence-electron chi connectivity index (χ3n) is 6.87. The van der Waals surface area contributed by atoms with Crippen LogP contribution in [-0.4, -0.2) is 35.5 Å². The normalized spacial score (nSPS) is 15.0. The van der Waals surface area contributed by atoms with Crippen LogP contribution in [0.3, 0.4) is 0 Å². The number of hydrogen-bond acceptors (Lipinski definition) is 6. The molecule has 2 N–H and O–H groups in total. The predicted octanol–water partition coefficient (Wildman–Crippen LogP) is 4.18. The number of nitrogens with zero attached hydrogens (tertiary/aromatic N) is 4. The minimum atomic E-state index is -2.66. The molecule has 5 rings (SSSR count). The molecule has 192 valence electrons. The zero-order chi connectivity index (χ0) is 26.2. The molecule has 4 aromatic rings. The molecule has 0 atom stereocenters. The summed E-state index contributed by atoms with van der Waals surface area (Å²) >= 11 is 0. The Balaban J connectivity index is 1.48. The fraction of sp³-hybridized carbons (Fsp3) is 0.296. The van der Waals surface area contributed by atoms with E-state index < -0.39 is 10.9 Å². The van der Waals surface area contributed by atoms with Crippen LogP contribution in [0, 0.1) is 0 Å². The summed E-state index contributed by atoms with van der Waals surface area (Å²) in [6.45, 7) is 6.98. The summed E-state index contributed by atoms with van der Waals surface area (Å²) in [5, 5.41) is 8.03. The van der Waals surface area contributed by atoms with Crippen LogP contribution in [0.2, 0.25) is 0 Å². The van der Waals surface area contributed by atoms with Crippen molar-refractivity contribution < 1.29 is 13.2 Å². The lowest BCUT2D eigenvalue weighted by atomic mass is 9.80. The van der Waals surface area contributed by atoms with E-state index in [9.17, 15) is 13.2 Å². The quantitative estimate of drug-likeness (QED) is 0.331. The molecule has 1 aliphatic heterocycles. The van der Waals surface area contributed by atoms with Crippen molar-refractivity contribution >= 4 is 39.6 Å². The summed E-state index contributed by atoms with van der Waals surface area (Å²) in [5.41, 5.74) is 6.31. The van der Waals surface area contributed by atoms with Crippen LogP contribution >= 0.6 is 0 Å². The number of carbonyl (C=O) groups excluding carboxylic acids is 1. The molecule has 0 saturated heterocycles. The van der Waals surface area contributed by atoms with Gasteiger partial charge in [-0.25, -0.2) is 22.6 Å². The zero-order valence-electron chi connectivity index (χ0n) is 21.1. The smallest absolute Gasteiger partial charge is 0.245 e. The average Bonchev–Trinajstić information content (AvgIpc) is 3.22. The van der Waals surface area contributed by atoms with E-state index in [2.05, 4.69) is 34.9 Å². The lowest BCUT2D eigenvalue weighted by Gasteiger charge is -2.27. The van der Waals surface area contributed by atoms with Crippen molar-refractivity contribution in [2.24, 2.45) is 0 Å². The maximum absolute atomic E-state index is 12.4. The monoisotopic (exact) mass is 518 g/mol. The number of rotatable bonds is 6. The molecule has 0 saturated carbocycles. The van der Waals surface area contributed by atoms with Gasteiger partial charge in [0, 0.05) is 37.0 Å². The van der Waals surface area contributed by atoms with E-state index in [1.54, 1.807) is 13.1 Å². The Hall–Kier alpha value is -3.76. The minimum absolute atomic E-state index is 0.0269. The van der Waals surface area contributed by atoms with Crippen molar-refractivity contribution in [1.29, 1.82) is 0 Å². The zero-order valence-corrected chi connectivity index (χ0v) is 22.0. The van der Waals surface area contributed by atoms with Gasteiger partial charge >= 0.3 is 0 Å². The number of aromatic nitrogens is 3. The van der Waals surface area contributed by atoms with Gasteiger partial charge in [-0.3, -0.25) is 4.79 Å². The third kappa shape index (κ3) is 5.21. The van der Waals surface area contributed by atoms with Gasteiger partial charge in [-0.15, -0.1) is 5.10 Å². The van der Waals surface area contributed by atoms with Gasteiger partial charge in [-0.1, -0.05) is 38.1 Å². The fourth-order valence-electron chi connectivity index (χ4n) is 4.97. The van der Waals surface area contributed by atoms with Crippen molar-refractivity contribution in [2.75, 3.05) is 16.8 Å². The Morgan fingerprint density at radius 3 is 2.73 bits per heavy atom. The van der Waals surface area contributed by atoms with Crippen molar-refractivity contribution in [3.8, 4) is 11.3 Å². The molecule has 9 nitrogen and oxygen atoms in total. The Kier molecular flexibility index (Phi) is 6.70. The summed E-state index contributed by atoms with van der Waals surface area (Å²) in [6.07, 6.45) is 3.72. The summed E-state index contributed by atoms with van der Waals surface area (Å²) in [5.74, 6) is 0.457. The van der Waals surface area contributed by atoms with Gasteiger partial charge in [0.1, 0.15) is 0 Å². The number of benzene rings is 2. The molecule has 0 unspecified atom stereocenters. The first-order chi connectivity index (χ1) is 17.7. The van der Waals surface area contributed by atoms with Gasteiger partial charge in [0.15, 0.2) is 0 Å². The topological polar surface area (TPSA) is 109 Å². The number of fused-ring (bicyclic) bond motifs is 2. The number of carbonyl (C=O) groups is 1. The van der Waals surface area contributed by atoms with Gasteiger partial charge < -0.3 is 10.2 Å². The van der Waals surface area contributed by atoms with Crippen LogP contribution in [0.1, 0.15) is 44.7 Å². The molecule has 3 heterocycles. The summed E-state index contributed by atoms with van der Waals surface area (Å²) in [4.78, 5) is 18.8.